The molecule has 0 radical (unpaired) electrons. The lowest BCUT2D eigenvalue weighted by atomic mass is 9.89. The third kappa shape index (κ3) is 26.6. The van der Waals surface area contributed by atoms with Gasteiger partial charge in [-0.15, -0.1) is 11.3 Å². The standard InChI is InChI=1S/2C16H24N2.C15H22N2.C15H21NO.C13H18N2O.C11H18N2.C9H15N3.C9H15NO.C9H15NS.CH4/c1-9-10(2)14-11(3)12(4)17-15(16(6,7)8)18(14)13(9)5;1-9-10(2)14-15(16(6,7)8)17-11(3)13(5)18(14)12(9)4;1-8-10(3)16-13-12(8)9(2)11(4)17-14(13)15(5,6)7;1-8-10(3)16-14(15(5,6)7)13-12(8)9(2)11(4)17-13;1-7-9(3)16-11-10(7)8(2)14-12(15-11)13(4,5)6;1-7-8(2)12-10(11(4,5)6)13-9(7)3;1-6-10-7(2)12-8(11-6)9(3,4)5;2*1-6-7(2)11-8(10-6)9(3,4)5;/h2*1-8H3;16H,1-7H3;1-7H3;1-6H3;1-6H3;1-5H3;2*1-5H3;1H4. The van der Waals surface area contributed by atoms with E-state index in [2.05, 4.69) is 384 Å². The minimum Gasteiger partial charge on any atom is -0.459 e. The summed E-state index contributed by atoms with van der Waals surface area (Å²) in [5.41, 5.74) is 38.8. The summed E-state index contributed by atoms with van der Waals surface area (Å²) in [7, 11) is 0. The Morgan fingerprint density at radius 1 is 0.254 bits per heavy atom. The molecule has 736 valence electrons. The van der Waals surface area contributed by atoms with E-state index in [1.54, 1.807) is 0 Å². The third-order valence-corrected chi connectivity index (χ3v) is 26.9. The summed E-state index contributed by atoms with van der Waals surface area (Å²) in [5.74, 6) is 9.09. The van der Waals surface area contributed by atoms with Crippen LogP contribution in [0.3, 0.4) is 0 Å². The molecule has 0 aromatic carbocycles. The monoisotopic (exact) mass is 1850 g/mol. The van der Waals surface area contributed by atoms with Gasteiger partial charge in [-0.3, -0.25) is 15.0 Å². The van der Waals surface area contributed by atoms with E-state index < -0.39 is 0 Å². The highest BCUT2D eigenvalue weighted by Crippen LogP contribution is 2.40. The summed E-state index contributed by atoms with van der Waals surface area (Å²) in [6, 6.07) is 0. The van der Waals surface area contributed by atoms with Crippen molar-refractivity contribution in [1.29, 1.82) is 0 Å². The van der Waals surface area contributed by atoms with Crippen molar-refractivity contribution >= 4 is 55.3 Å². The summed E-state index contributed by atoms with van der Waals surface area (Å²) < 4.78 is 21.8. The number of aromatic nitrogens is 16. The summed E-state index contributed by atoms with van der Waals surface area (Å²) in [6.45, 7) is 121. The first-order valence-electron chi connectivity index (χ1n) is 47.5. The van der Waals surface area contributed by atoms with Gasteiger partial charge >= 0.3 is 0 Å². The number of thiazole rings is 1. The molecule has 19 nitrogen and oxygen atoms in total. The molecule has 14 aromatic rings. The molecule has 14 aromatic heterocycles. The second-order valence-electron chi connectivity index (χ2n) is 46.5. The number of hydrogen-bond acceptors (Lipinski definition) is 17. The lowest BCUT2D eigenvalue weighted by Crippen LogP contribution is -2.20. The number of nitrogens with zero attached hydrogens (tertiary/aromatic N) is 15. The number of fused-ring (bicyclic) bond motifs is 5. The Morgan fingerprint density at radius 3 is 1.07 bits per heavy atom. The average molecular weight is 1850 g/mol. The van der Waals surface area contributed by atoms with Gasteiger partial charge in [0.05, 0.1) is 66.8 Å². The quantitative estimate of drug-likeness (QED) is 0.149. The van der Waals surface area contributed by atoms with Gasteiger partial charge < -0.3 is 27.0 Å². The predicted molar refractivity (Wildman–Crippen MR) is 570 cm³/mol. The Kier molecular flexibility index (Phi) is 36.1. The van der Waals surface area contributed by atoms with Crippen LogP contribution >= 0.6 is 11.3 Å². The molecule has 0 saturated carbocycles. The number of pyridine rings is 2. The molecule has 14 heterocycles. The lowest BCUT2D eigenvalue weighted by Gasteiger charge is -2.22. The van der Waals surface area contributed by atoms with Crippen LogP contribution in [0.1, 0.15) is 415 Å². The van der Waals surface area contributed by atoms with Gasteiger partial charge in [-0.25, -0.2) is 44.9 Å². The summed E-state index contributed by atoms with van der Waals surface area (Å²) in [6.07, 6.45) is 0. The van der Waals surface area contributed by atoms with Crippen molar-refractivity contribution in [2.45, 2.75) is 451 Å². The van der Waals surface area contributed by atoms with Crippen molar-refractivity contribution in [3.8, 4) is 0 Å². The van der Waals surface area contributed by atoms with Crippen molar-refractivity contribution in [3.63, 3.8) is 0 Å². The normalized spacial score (nSPS) is 12.2. The molecule has 0 aliphatic heterocycles. The van der Waals surface area contributed by atoms with Gasteiger partial charge in [-0.05, 0) is 263 Å². The number of aromatic amines is 1. The number of nitrogens with one attached hydrogen (secondary N) is 1. The van der Waals surface area contributed by atoms with Crippen molar-refractivity contribution in [2.75, 3.05) is 0 Å². The molecule has 0 aliphatic carbocycles. The smallest absolute Gasteiger partial charge is 0.230 e. The largest absolute Gasteiger partial charge is 0.459 e. The summed E-state index contributed by atoms with van der Waals surface area (Å²) in [4.78, 5) is 63.7. The van der Waals surface area contributed by atoms with Gasteiger partial charge in [0.15, 0.2) is 11.5 Å². The Bertz CT molecular complexity index is 6180. The maximum absolute atomic E-state index is 5.93. The van der Waals surface area contributed by atoms with Gasteiger partial charge in [0, 0.05) is 121 Å². The van der Waals surface area contributed by atoms with Crippen LogP contribution < -0.4 is 0 Å². The van der Waals surface area contributed by atoms with E-state index >= 15 is 0 Å². The highest BCUT2D eigenvalue weighted by molar-refractivity contribution is 7.11. The number of H-pyrrole nitrogens is 1. The molecule has 0 bridgehead atoms. The highest BCUT2D eigenvalue weighted by atomic mass is 32.1. The number of rotatable bonds is 0. The molecule has 1 N–H and O–H groups in total. The fourth-order valence-corrected chi connectivity index (χ4v) is 16.3. The van der Waals surface area contributed by atoms with E-state index in [9.17, 15) is 0 Å². The second kappa shape index (κ2) is 42.1. The van der Waals surface area contributed by atoms with Crippen LogP contribution in [0.5, 0.6) is 0 Å². The van der Waals surface area contributed by atoms with Crippen LogP contribution in [0.2, 0.25) is 0 Å². The Balaban J connectivity index is 0.000000268. The number of furan rings is 2. The van der Waals surface area contributed by atoms with Crippen LogP contribution in [-0.4, -0.2) is 78.6 Å². The second-order valence-corrected chi connectivity index (χ2v) is 47.7. The molecule has 20 heteroatoms. The number of oxazole rings is 1. The molecule has 0 saturated heterocycles. The first-order valence-corrected chi connectivity index (χ1v) is 48.4. The SMILES string of the molecule is C.Cc1nc(C(C)(C)C)c2[nH]c(C)c(C)c2c1C.Cc1nc(C(C)(C)C)c2c(C)c(C)c(C)n2c1C.Cc1nc(C(C)(C)C)c2oc(C)c(C)c2c1C.Cc1nc(C(C)(C)C)n2c(C)c(C)c(C)c2c1C.Cc1nc(C(C)(C)C)nc(C)c1C.Cc1nc(C(C)(C)C)oc1C.Cc1nc(C(C)(C)C)sc1C.Cc1nc(C)nc(C(C)(C)C)n1.Cc1oc2nc(C(C)(C)C)nc(C)c2c1C. The zero-order chi connectivity index (χ0) is 103. The maximum atomic E-state index is 5.93. The molecule has 0 spiro atoms. The van der Waals surface area contributed by atoms with Crippen LogP contribution in [0.15, 0.2) is 13.3 Å². The van der Waals surface area contributed by atoms with Crippen molar-refractivity contribution in [2.24, 2.45) is 0 Å². The molecule has 134 heavy (non-hydrogen) atoms. The van der Waals surface area contributed by atoms with E-state index in [4.69, 9.17) is 33.2 Å². The molecule has 0 fully saturated rings. The van der Waals surface area contributed by atoms with Gasteiger partial charge in [0.1, 0.15) is 52.2 Å². The van der Waals surface area contributed by atoms with E-state index in [0.717, 1.165) is 126 Å². The fraction of sp³-hybridized carbons (Fsp3) is 0.588. The van der Waals surface area contributed by atoms with Crippen LogP contribution in [0.4, 0.5) is 0 Å². The van der Waals surface area contributed by atoms with Gasteiger partial charge in [-0.1, -0.05) is 194 Å². The van der Waals surface area contributed by atoms with Crippen molar-refractivity contribution < 1.29 is 13.3 Å². The zero-order valence-electron chi connectivity index (χ0n) is 93.8. The Morgan fingerprint density at radius 2 is 0.657 bits per heavy atom. The molecular formula is C114H176N16O3S. The predicted octanol–water partition coefficient (Wildman–Crippen LogP) is 31.0. The third-order valence-electron chi connectivity index (χ3n) is 25.4. The van der Waals surface area contributed by atoms with E-state index in [1.165, 1.54) is 133 Å². The van der Waals surface area contributed by atoms with Crippen molar-refractivity contribution in [3.05, 3.63) is 220 Å². The van der Waals surface area contributed by atoms with Crippen LogP contribution in [0.25, 0.3) is 44.0 Å². The molecule has 0 aliphatic rings. The van der Waals surface area contributed by atoms with Gasteiger partial charge in [-0.2, -0.15) is 4.98 Å². The van der Waals surface area contributed by atoms with Gasteiger partial charge in [0.25, 0.3) is 0 Å². The van der Waals surface area contributed by atoms with E-state index in [1.807, 2.05) is 80.6 Å². The van der Waals surface area contributed by atoms with E-state index in [0.29, 0.717) is 5.71 Å². The lowest BCUT2D eigenvalue weighted by molar-refractivity contribution is 0.380. The fourth-order valence-electron chi connectivity index (χ4n) is 15.3. The summed E-state index contributed by atoms with van der Waals surface area (Å²) in [5, 5.41) is 4.91. The topological polar surface area (TPSA) is 232 Å². The number of hydrogen-bond donors (Lipinski definition) is 1. The van der Waals surface area contributed by atoms with E-state index in [-0.39, 0.29) is 56.2 Å². The molecule has 14 rings (SSSR count). The Labute approximate surface area is 813 Å². The van der Waals surface area contributed by atoms with Crippen molar-refractivity contribution in [1.82, 2.24) is 78.6 Å². The number of aryl methyl sites for hydroxylation is 27. The zero-order valence-corrected chi connectivity index (χ0v) is 94.7. The molecule has 0 amide bonds. The highest BCUT2D eigenvalue weighted by Gasteiger charge is 2.32. The Hall–Kier alpha value is -9.69. The summed E-state index contributed by atoms with van der Waals surface area (Å²) >= 11 is 1.81. The van der Waals surface area contributed by atoms with Crippen LogP contribution in [0, 0.1) is 208 Å². The molecule has 0 atom stereocenters. The first kappa shape index (κ1) is 115. The van der Waals surface area contributed by atoms with Crippen LogP contribution in [-0.2, 0) is 48.7 Å². The molecule has 0 unspecified atom stereocenters. The first-order chi connectivity index (χ1) is 60.1. The molecular weight excluding hydrogens is 1670 g/mol. The van der Waals surface area contributed by atoms with Gasteiger partial charge in [0.2, 0.25) is 5.71 Å². The maximum Gasteiger partial charge on any atom is 0.230 e. The minimum absolute atomic E-state index is 0. The average Bonchev–Trinajstić information content (AvgIpc) is 1.59. The minimum atomic E-state index is -0.0481.